The lowest BCUT2D eigenvalue weighted by molar-refractivity contribution is 0.411. The second-order valence-electron chi connectivity index (χ2n) is 5.03. The van der Waals surface area contributed by atoms with Crippen LogP contribution in [0, 0.1) is 5.92 Å². The van der Waals surface area contributed by atoms with Gasteiger partial charge in [-0.15, -0.1) is 11.6 Å². The third kappa shape index (κ3) is 2.94. The Morgan fingerprint density at radius 3 is 2.60 bits per heavy atom. The molecule has 2 rings (SSSR count). The maximum absolute atomic E-state index is 6.44. The topological polar surface area (TPSA) is 27.1 Å². The standard InChI is InChI=1S/C15H18Cl2N2O/c1-10(2)8-12-11(9-16)15(17)19(18-12)13-6-4-5-7-14(13)20-3/h4-7,10H,8-9H2,1-3H3. The van der Waals surface area contributed by atoms with Gasteiger partial charge in [0.25, 0.3) is 0 Å². The van der Waals surface area contributed by atoms with Crippen molar-refractivity contribution in [2.45, 2.75) is 26.1 Å². The molecular weight excluding hydrogens is 295 g/mol. The SMILES string of the molecule is COc1ccccc1-n1nc(CC(C)C)c(CCl)c1Cl. The Morgan fingerprint density at radius 1 is 1.30 bits per heavy atom. The van der Waals surface area contributed by atoms with Crippen LogP contribution in [-0.4, -0.2) is 16.9 Å². The predicted molar refractivity (Wildman–Crippen MR) is 83.2 cm³/mol. The maximum Gasteiger partial charge on any atom is 0.144 e. The normalized spacial score (nSPS) is 11.1. The molecule has 108 valence electrons. The smallest absolute Gasteiger partial charge is 0.144 e. The minimum Gasteiger partial charge on any atom is -0.494 e. The molecule has 5 heteroatoms. The van der Waals surface area contributed by atoms with Crippen LogP contribution in [0.2, 0.25) is 5.15 Å². The van der Waals surface area contributed by atoms with Gasteiger partial charge in [0.2, 0.25) is 0 Å². The summed E-state index contributed by atoms with van der Waals surface area (Å²) in [6.07, 6.45) is 0.851. The van der Waals surface area contributed by atoms with Crippen LogP contribution in [0.15, 0.2) is 24.3 Å². The summed E-state index contributed by atoms with van der Waals surface area (Å²) in [5.41, 5.74) is 2.67. The largest absolute Gasteiger partial charge is 0.494 e. The first-order valence-electron chi connectivity index (χ1n) is 6.54. The zero-order chi connectivity index (χ0) is 14.7. The van der Waals surface area contributed by atoms with Crippen molar-refractivity contribution < 1.29 is 4.74 Å². The van der Waals surface area contributed by atoms with E-state index in [0.29, 0.717) is 17.0 Å². The van der Waals surface area contributed by atoms with Crippen LogP contribution in [0.1, 0.15) is 25.1 Å². The fourth-order valence-corrected chi connectivity index (χ4v) is 2.77. The highest BCUT2D eigenvalue weighted by atomic mass is 35.5. The van der Waals surface area contributed by atoms with Gasteiger partial charge < -0.3 is 4.74 Å². The average molecular weight is 313 g/mol. The molecule has 0 fully saturated rings. The molecular formula is C15H18Cl2N2O. The van der Waals surface area contributed by atoms with Crippen LogP contribution in [0.25, 0.3) is 5.69 Å². The molecule has 2 aromatic rings. The molecule has 0 aliphatic carbocycles. The fourth-order valence-electron chi connectivity index (χ4n) is 2.12. The van der Waals surface area contributed by atoms with Gasteiger partial charge in [0, 0.05) is 5.56 Å². The molecule has 20 heavy (non-hydrogen) atoms. The molecule has 0 saturated carbocycles. The predicted octanol–water partition coefficient (Wildman–Crippen LogP) is 4.47. The lowest BCUT2D eigenvalue weighted by Crippen LogP contribution is -2.01. The van der Waals surface area contributed by atoms with Crippen molar-refractivity contribution in [2.75, 3.05) is 7.11 Å². The second kappa shape index (κ2) is 6.51. The monoisotopic (exact) mass is 312 g/mol. The third-order valence-corrected chi connectivity index (χ3v) is 3.71. The summed E-state index contributed by atoms with van der Waals surface area (Å²) >= 11 is 12.5. The molecule has 1 aromatic carbocycles. The minimum atomic E-state index is 0.357. The first-order valence-corrected chi connectivity index (χ1v) is 7.45. The number of hydrogen-bond donors (Lipinski definition) is 0. The van der Waals surface area contributed by atoms with Gasteiger partial charge >= 0.3 is 0 Å². The van der Waals surface area contributed by atoms with Gasteiger partial charge in [-0.3, -0.25) is 0 Å². The van der Waals surface area contributed by atoms with Gasteiger partial charge in [-0.2, -0.15) is 5.10 Å². The minimum absolute atomic E-state index is 0.357. The Kier molecular flexibility index (Phi) is 4.95. The lowest BCUT2D eigenvalue weighted by atomic mass is 10.1. The van der Waals surface area contributed by atoms with E-state index in [-0.39, 0.29) is 0 Å². The van der Waals surface area contributed by atoms with Crippen molar-refractivity contribution >= 4 is 23.2 Å². The Hall–Kier alpha value is -1.19. The van der Waals surface area contributed by atoms with E-state index in [2.05, 4.69) is 18.9 Å². The van der Waals surface area contributed by atoms with E-state index in [1.807, 2.05) is 24.3 Å². The van der Waals surface area contributed by atoms with Crippen molar-refractivity contribution in [1.29, 1.82) is 0 Å². The molecule has 0 atom stereocenters. The van der Waals surface area contributed by atoms with Crippen molar-refractivity contribution in [1.82, 2.24) is 9.78 Å². The van der Waals surface area contributed by atoms with E-state index < -0.39 is 0 Å². The number of rotatable bonds is 5. The molecule has 0 N–H and O–H groups in total. The Morgan fingerprint density at radius 2 is 2.00 bits per heavy atom. The number of para-hydroxylation sites is 2. The Bertz CT molecular complexity index is 594. The molecule has 0 amide bonds. The molecule has 0 bridgehead atoms. The van der Waals surface area contributed by atoms with E-state index in [9.17, 15) is 0 Å². The first kappa shape index (κ1) is 15.2. The van der Waals surface area contributed by atoms with Crippen LogP contribution in [0.3, 0.4) is 0 Å². The van der Waals surface area contributed by atoms with Crippen LogP contribution >= 0.6 is 23.2 Å². The summed E-state index contributed by atoms with van der Waals surface area (Å²) in [6, 6.07) is 7.65. The number of benzene rings is 1. The molecule has 0 aliphatic rings. The molecule has 0 unspecified atom stereocenters. The molecule has 0 radical (unpaired) electrons. The van der Waals surface area contributed by atoms with Gasteiger partial charge in [-0.1, -0.05) is 37.6 Å². The number of hydrogen-bond acceptors (Lipinski definition) is 2. The number of halogens is 2. The molecule has 0 saturated heterocycles. The summed E-state index contributed by atoms with van der Waals surface area (Å²) in [4.78, 5) is 0. The zero-order valence-corrected chi connectivity index (χ0v) is 13.4. The molecule has 0 aliphatic heterocycles. The highest BCUT2D eigenvalue weighted by molar-refractivity contribution is 6.31. The van der Waals surface area contributed by atoms with Gasteiger partial charge in [0.1, 0.15) is 16.6 Å². The van der Waals surface area contributed by atoms with Crippen molar-refractivity contribution in [3.63, 3.8) is 0 Å². The summed E-state index contributed by atoms with van der Waals surface area (Å²) < 4.78 is 7.07. The van der Waals surface area contributed by atoms with Crippen molar-refractivity contribution in [3.05, 3.63) is 40.7 Å². The maximum atomic E-state index is 6.44. The fraction of sp³-hybridized carbons (Fsp3) is 0.400. The van der Waals surface area contributed by atoms with E-state index in [1.54, 1.807) is 11.8 Å². The number of aromatic nitrogens is 2. The first-order chi connectivity index (χ1) is 9.58. The second-order valence-corrected chi connectivity index (χ2v) is 5.66. The summed E-state index contributed by atoms with van der Waals surface area (Å²) in [7, 11) is 1.63. The summed E-state index contributed by atoms with van der Waals surface area (Å²) in [5, 5.41) is 5.18. The van der Waals surface area contributed by atoms with E-state index in [0.717, 1.165) is 29.1 Å². The summed E-state index contributed by atoms with van der Waals surface area (Å²) in [6.45, 7) is 4.29. The van der Waals surface area contributed by atoms with Crippen LogP contribution in [-0.2, 0) is 12.3 Å². The lowest BCUT2D eigenvalue weighted by Gasteiger charge is -2.08. The number of methoxy groups -OCH3 is 1. The average Bonchev–Trinajstić information content (AvgIpc) is 2.74. The van der Waals surface area contributed by atoms with Crippen LogP contribution < -0.4 is 4.74 Å². The van der Waals surface area contributed by atoms with Crippen molar-refractivity contribution in [2.24, 2.45) is 5.92 Å². The van der Waals surface area contributed by atoms with Crippen LogP contribution in [0.4, 0.5) is 0 Å². The highest BCUT2D eigenvalue weighted by Gasteiger charge is 2.19. The van der Waals surface area contributed by atoms with Gasteiger partial charge in [0.05, 0.1) is 18.7 Å². The van der Waals surface area contributed by atoms with E-state index in [4.69, 9.17) is 27.9 Å². The van der Waals surface area contributed by atoms with E-state index in [1.165, 1.54) is 0 Å². The quantitative estimate of drug-likeness (QED) is 0.761. The Balaban J connectivity index is 2.54. The summed E-state index contributed by atoms with van der Waals surface area (Å²) in [5.74, 6) is 1.58. The van der Waals surface area contributed by atoms with Crippen LogP contribution in [0.5, 0.6) is 5.75 Å². The van der Waals surface area contributed by atoms with Crippen molar-refractivity contribution in [3.8, 4) is 11.4 Å². The molecule has 1 heterocycles. The van der Waals surface area contributed by atoms with E-state index >= 15 is 0 Å². The number of nitrogens with zero attached hydrogens (tertiary/aromatic N) is 2. The zero-order valence-electron chi connectivity index (χ0n) is 11.9. The number of ether oxygens (including phenoxy) is 1. The molecule has 1 aromatic heterocycles. The third-order valence-electron chi connectivity index (χ3n) is 3.05. The highest BCUT2D eigenvalue weighted by Crippen LogP contribution is 2.30. The van der Waals surface area contributed by atoms with Gasteiger partial charge in [-0.25, -0.2) is 4.68 Å². The van der Waals surface area contributed by atoms with Gasteiger partial charge in [-0.05, 0) is 24.5 Å². The van der Waals surface area contributed by atoms with Gasteiger partial charge in [0.15, 0.2) is 0 Å². The molecule has 0 spiro atoms. The molecule has 3 nitrogen and oxygen atoms in total. The Labute approximate surface area is 129 Å². The number of alkyl halides is 1.